The van der Waals surface area contributed by atoms with Gasteiger partial charge in [0.05, 0.1) is 14.2 Å². The Kier molecular flexibility index (Phi) is 3.84. The van der Waals surface area contributed by atoms with Crippen molar-refractivity contribution in [1.82, 2.24) is 4.98 Å². The number of esters is 1. The van der Waals surface area contributed by atoms with Gasteiger partial charge in [0.15, 0.2) is 5.75 Å². The lowest BCUT2D eigenvalue weighted by molar-refractivity contribution is -0.276. The molecule has 0 radical (unpaired) electrons. The summed E-state index contributed by atoms with van der Waals surface area (Å²) < 4.78 is 48.5. The summed E-state index contributed by atoms with van der Waals surface area (Å²) in [5, 5.41) is 0. The third-order valence-corrected chi connectivity index (χ3v) is 1.81. The van der Waals surface area contributed by atoms with Crippen molar-refractivity contribution in [2.24, 2.45) is 0 Å². The van der Waals surface area contributed by atoms with E-state index in [1.54, 1.807) is 4.98 Å². The van der Waals surface area contributed by atoms with E-state index in [-0.39, 0.29) is 0 Å². The number of ether oxygens (including phenoxy) is 3. The van der Waals surface area contributed by atoms with E-state index in [1.807, 2.05) is 0 Å². The second-order valence-electron chi connectivity index (χ2n) is 2.95. The molecule has 0 spiro atoms. The number of hydrogen-bond donors (Lipinski definition) is 1. The van der Waals surface area contributed by atoms with E-state index in [0.29, 0.717) is 0 Å². The summed E-state index contributed by atoms with van der Waals surface area (Å²) in [5.41, 5.74) is -1.58. The molecule has 0 unspecified atom stereocenters. The number of alkyl halides is 3. The number of aromatic amines is 1. The summed E-state index contributed by atoms with van der Waals surface area (Å²) in [4.78, 5) is 24.2. The monoisotopic (exact) mass is 267 g/mol. The van der Waals surface area contributed by atoms with Gasteiger partial charge in [-0.25, -0.2) is 4.79 Å². The molecule has 0 amide bonds. The first-order chi connectivity index (χ1) is 8.28. The standard InChI is InChI=1S/C9H8F3NO5/c1-16-5-3-4(8(15)17-2)6(14)13-7(5)18-9(10,11)12/h3H,1-2H3,(H,13,14). The minimum atomic E-state index is -5.00. The van der Waals surface area contributed by atoms with Crippen LogP contribution >= 0.6 is 0 Å². The van der Waals surface area contributed by atoms with Gasteiger partial charge >= 0.3 is 12.3 Å². The van der Waals surface area contributed by atoms with Crippen LogP contribution in [0.5, 0.6) is 11.6 Å². The molecule has 0 atom stereocenters. The Bertz CT molecular complexity index is 508. The van der Waals surface area contributed by atoms with Crippen molar-refractivity contribution >= 4 is 5.97 Å². The average Bonchev–Trinajstić information content (AvgIpc) is 2.26. The fourth-order valence-electron chi connectivity index (χ4n) is 1.10. The number of hydrogen-bond acceptors (Lipinski definition) is 5. The Morgan fingerprint density at radius 3 is 2.39 bits per heavy atom. The molecular weight excluding hydrogens is 259 g/mol. The van der Waals surface area contributed by atoms with Crippen molar-refractivity contribution in [2.45, 2.75) is 6.36 Å². The minimum absolute atomic E-state index is 0.452. The van der Waals surface area contributed by atoms with Crippen LogP contribution in [0.3, 0.4) is 0 Å². The number of methoxy groups -OCH3 is 2. The third kappa shape index (κ3) is 3.15. The lowest BCUT2D eigenvalue weighted by Crippen LogP contribution is -2.24. The topological polar surface area (TPSA) is 77.6 Å². The van der Waals surface area contributed by atoms with E-state index in [2.05, 4.69) is 14.2 Å². The highest BCUT2D eigenvalue weighted by atomic mass is 19.4. The van der Waals surface area contributed by atoms with Crippen molar-refractivity contribution in [3.05, 3.63) is 22.0 Å². The first-order valence-electron chi connectivity index (χ1n) is 4.44. The van der Waals surface area contributed by atoms with Crippen LogP contribution in [0.2, 0.25) is 0 Å². The largest absolute Gasteiger partial charge is 0.574 e. The highest BCUT2D eigenvalue weighted by molar-refractivity contribution is 5.89. The van der Waals surface area contributed by atoms with E-state index >= 15 is 0 Å². The Labute approximate surface area is 98.3 Å². The van der Waals surface area contributed by atoms with Crippen LogP contribution in [-0.4, -0.2) is 31.5 Å². The van der Waals surface area contributed by atoms with Crippen molar-refractivity contribution in [1.29, 1.82) is 0 Å². The third-order valence-electron chi connectivity index (χ3n) is 1.81. The van der Waals surface area contributed by atoms with Gasteiger partial charge in [0, 0.05) is 6.07 Å². The van der Waals surface area contributed by atoms with Crippen LogP contribution in [-0.2, 0) is 4.74 Å². The minimum Gasteiger partial charge on any atom is -0.491 e. The molecule has 0 aromatic carbocycles. The Morgan fingerprint density at radius 1 is 1.33 bits per heavy atom. The maximum Gasteiger partial charge on any atom is 0.574 e. The normalized spacial score (nSPS) is 10.9. The average molecular weight is 267 g/mol. The summed E-state index contributed by atoms with van der Waals surface area (Å²) in [6, 6.07) is 0.797. The summed E-state index contributed by atoms with van der Waals surface area (Å²) >= 11 is 0. The first kappa shape index (κ1) is 13.9. The molecule has 0 aliphatic rings. The lowest BCUT2D eigenvalue weighted by atomic mass is 10.2. The molecule has 18 heavy (non-hydrogen) atoms. The molecule has 0 aliphatic carbocycles. The zero-order valence-corrected chi connectivity index (χ0v) is 9.25. The maximum absolute atomic E-state index is 12.0. The van der Waals surface area contributed by atoms with Crippen LogP contribution in [0.1, 0.15) is 10.4 Å². The van der Waals surface area contributed by atoms with Crippen molar-refractivity contribution in [3.8, 4) is 11.6 Å². The van der Waals surface area contributed by atoms with Gasteiger partial charge < -0.3 is 14.2 Å². The van der Waals surface area contributed by atoms with Gasteiger partial charge in [-0.15, -0.1) is 13.2 Å². The molecule has 0 fully saturated rings. The van der Waals surface area contributed by atoms with E-state index in [4.69, 9.17) is 0 Å². The first-order valence-corrected chi connectivity index (χ1v) is 4.44. The number of rotatable bonds is 3. The van der Waals surface area contributed by atoms with Gasteiger partial charge in [-0.05, 0) is 0 Å². The predicted octanol–water partition coefficient (Wildman–Crippen LogP) is 1.07. The molecule has 1 aromatic heterocycles. The molecule has 0 bridgehead atoms. The summed E-state index contributed by atoms with van der Waals surface area (Å²) in [6.07, 6.45) is -5.00. The second-order valence-corrected chi connectivity index (χ2v) is 2.95. The van der Waals surface area contributed by atoms with Crippen LogP contribution in [0, 0.1) is 0 Å². The number of pyridine rings is 1. The Hall–Kier alpha value is -2.19. The van der Waals surface area contributed by atoms with Gasteiger partial charge in [0.25, 0.3) is 5.56 Å². The summed E-state index contributed by atoms with van der Waals surface area (Å²) in [5.74, 6) is -2.40. The van der Waals surface area contributed by atoms with Gasteiger partial charge in [-0.1, -0.05) is 0 Å². The van der Waals surface area contributed by atoms with E-state index < -0.39 is 35.1 Å². The van der Waals surface area contributed by atoms with E-state index in [9.17, 15) is 22.8 Å². The van der Waals surface area contributed by atoms with Gasteiger partial charge in [-0.2, -0.15) is 0 Å². The van der Waals surface area contributed by atoms with Gasteiger partial charge in [0.1, 0.15) is 5.56 Å². The smallest absolute Gasteiger partial charge is 0.491 e. The molecule has 1 aromatic rings. The second kappa shape index (κ2) is 4.98. The highest BCUT2D eigenvalue weighted by Gasteiger charge is 2.33. The Morgan fingerprint density at radius 2 is 1.94 bits per heavy atom. The fourth-order valence-corrected chi connectivity index (χ4v) is 1.10. The van der Waals surface area contributed by atoms with Crippen LogP contribution in [0.15, 0.2) is 10.9 Å². The summed E-state index contributed by atoms with van der Waals surface area (Å²) in [6.45, 7) is 0. The molecule has 9 heteroatoms. The fraction of sp³-hybridized carbons (Fsp3) is 0.333. The lowest BCUT2D eigenvalue weighted by Gasteiger charge is -2.12. The Balaban J connectivity index is 3.27. The molecule has 0 saturated carbocycles. The van der Waals surface area contributed by atoms with Gasteiger partial charge in [-0.3, -0.25) is 9.78 Å². The summed E-state index contributed by atoms with van der Waals surface area (Å²) in [7, 11) is 2.08. The number of H-pyrrole nitrogens is 1. The van der Waals surface area contributed by atoms with Crippen molar-refractivity contribution < 1.29 is 32.2 Å². The number of aromatic nitrogens is 1. The quantitative estimate of drug-likeness (QED) is 0.829. The van der Waals surface area contributed by atoms with Crippen molar-refractivity contribution in [2.75, 3.05) is 14.2 Å². The zero-order chi connectivity index (χ0) is 13.9. The van der Waals surface area contributed by atoms with E-state index in [0.717, 1.165) is 20.3 Å². The van der Waals surface area contributed by atoms with Crippen LogP contribution < -0.4 is 15.0 Å². The van der Waals surface area contributed by atoms with Crippen LogP contribution in [0.25, 0.3) is 0 Å². The SMILES string of the molecule is COC(=O)c1cc(OC)c(OC(F)(F)F)[nH]c1=O. The zero-order valence-electron chi connectivity index (χ0n) is 9.25. The van der Waals surface area contributed by atoms with E-state index in [1.165, 1.54) is 0 Å². The van der Waals surface area contributed by atoms with Gasteiger partial charge in [0.2, 0.25) is 5.88 Å². The number of carbonyl (C=O) groups excluding carboxylic acids is 1. The molecule has 1 heterocycles. The molecule has 1 N–H and O–H groups in total. The number of halogens is 3. The molecular formula is C9H8F3NO5. The highest BCUT2D eigenvalue weighted by Crippen LogP contribution is 2.29. The predicted molar refractivity (Wildman–Crippen MR) is 51.6 cm³/mol. The van der Waals surface area contributed by atoms with Crippen LogP contribution in [0.4, 0.5) is 13.2 Å². The number of nitrogens with one attached hydrogen (secondary N) is 1. The molecule has 0 aliphatic heterocycles. The molecule has 0 saturated heterocycles. The van der Waals surface area contributed by atoms with Crippen molar-refractivity contribution in [3.63, 3.8) is 0 Å². The number of carbonyl (C=O) groups is 1. The molecule has 6 nitrogen and oxygen atoms in total. The molecule has 1 rings (SSSR count). The maximum atomic E-state index is 12.0. The molecule has 100 valence electrons.